The molecular formula is C19H21NO. The first kappa shape index (κ1) is 12.8. The minimum atomic E-state index is 0.844. The van der Waals surface area contributed by atoms with Crippen molar-refractivity contribution >= 4 is 5.69 Å². The molecule has 108 valence electrons. The van der Waals surface area contributed by atoms with Gasteiger partial charge in [-0.15, -0.1) is 0 Å². The van der Waals surface area contributed by atoms with Crippen LogP contribution in [0.25, 0.3) is 0 Å². The van der Waals surface area contributed by atoms with E-state index in [1.54, 1.807) is 0 Å². The molecule has 0 saturated carbocycles. The van der Waals surface area contributed by atoms with E-state index >= 15 is 0 Å². The SMILES string of the molecule is c1cc2c(cc1CCc1ccc3c(c1)CCO3)CCCN2. The molecule has 0 aliphatic carbocycles. The lowest BCUT2D eigenvalue weighted by Crippen LogP contribution is -2.11. The molecular weight excluding hydrogens is 258 g/mol. The molecule has 2 aliphatic heterocycles. The normalized spacial score (nSPS) is 15.8. The Labute approximate surface area is 126 Å². The molecule has 2 aromatic rings. The van der Waals surface area contributed by atoms with Gasteiger partial charge in [0.05, 0.1) is 6.61 Å². The summed E-state index contributed by atoms with van der Waals surface area (Å²) >= 11 is 0. The van der Waals surface area contributed by atoms with E-state index in [1.807, 2.05) is 0 Å². The first-order chi connectivity index (χ1) is 10.4. The van der Waals surface area contributed by atoms with Crippen LogP contribution in [-0.4, -0.2) is 13.2 Å². The fraction of sp³-hybridized carbons (Fsp3) is 0.368. The van der Waals surface area contributed by atoms with Crippen LogP contribution in [0.1, 0.15) is 28.7 Å². The van der Waals surface area contributed by atoms with Crippen molar-refractivity contribution in [1.82, 2.24) is 0 Å². The number of aryl methyl sites for hydroxylation is 3. The number of hydrogen-bond acceptors (Lipinski definition) is 2. The highest BCUT2D eigenvalue weighted by molar-refractivity contribution is 5.54. The van der Waals surface area contributed by atoms with Crippen molar-refractivity contribution in [2.45, 2.75) is 32.1 Å². The van der Waals surface area contributed by atoms with Gasteiger partial charge in [0.1, 0.15) is 5.75 Å². The molecule has 1 N–H and O–H groups in total. The summed E-state index contributed by atoms with van der Waals surface area (Å²) in [7, 11) is 0. The fourth-order valence-electron chi connectivity index (χ4n) is 3.37. The average molecular weight is 279 g/mol. The van der Waals surface area contributed by atoms with Gasteiger partial charge in [0.2, 0.25) is 0 Å². The lowest BCUT2D eigenvalue weighted by molar-refractivity contribution is 0.357. The van der Waals surface area contributed by atoms with E-state index in [-0.39, 0.29) is 0 Å². The molecule has 2 nitrogen and oxygen atoms in total. The predicted molar refractivity (Wildman–Crippen MR) is 86.3 cm³/mol. The van der Waals surface area contributed by atoms with Crippen molar-refractivity contribution in [2.24, 2.45) is 0 Å². The first-order valence-corrected chi connectivity index (χ1v) is 7.99. The predicted octanol–water partition coefficient (Wildman–Crippen LogP) is 3.76. The van der Waals surface area contributed by atoms with Crippen LogP contribution in [0.4, 0.5) is 5.69 Å². The van der Waals surface area contributed by atoms with Crippen LogP contribution in [0.15, 0.2) is 36.4 Å². The molecule has 0 amide bonds. The number of rotatable bonds is 3. The Morgan fingerprint density at radius 1 is 0.905 bits per heavy atom. The molecule has 2 aromatic carbocycles. The van der Waals surface area contributed by atoms with Gasteiger partial charge >= 0.3 is 0 Å². The van der Waals surface area contributed by atoms with Gasteiger partial charge in [0, 0.05) is 18.7 Å². The van der Waals surface area contributed by atoms with Crippen LogP contribution >= 0.6 is 0 Å². The molecule has 2 heterocycles. The molecule has 21 heavy (non-hydrogen) atoms. The zero-order chi connectivity index (χ0) is 14.1. The minimum Gasteiger partial charge on any atom is -0.493 e. The number of benzene rings is 2. The smallest absolute Gasteiger partial charge is 0.122 e. The maximum absolute atomic E-state index is 5.57. The van der Waals surface area contributed by atoms with Crippen molar-refractivity contribution in [2.75, 3.05) is 18.5 Å². The van der Waals surface area contributed by atoms with Crippen molar-refractivity contribution in [3.05, 3.63) is 58.7 Å². The van der Waals surface area contributed by atoms with Gasteiger partial charge in [-0.1, -0.05) is 24.3 Å². The van der Waals surface area contributed by atoms with Gasteiger partial charge in [0.15, 0.2) is 0 Å². The number of hydrogen-bond donors (Lipinski definition) is 1. The third-order valence-corrected chi connectivity index (χ3v) is 4.56. The Hall–Kier alpha value is -1.96. The van der Waals surface area contributed by atoms with E-state index in [2.05, 4.69) is 41.7 Å². The van der Waals surface area contributed by atoms with Gasteiger partial charge in [-0.05, 0) is 60.1 Å². The summed E-state index contributed by atoms with van der Waals surface area (Å²) in [6.45, 7) is 1.96. The van der Waals surface area contributed by atoms with Crippen LogP contribution in [-0.2, 0) is 25.7 Å². The topological polar surface area (TPSA) is 21.3 Å². The monoisotopic (exact) mass is 279 g/mol. The molecule has 0 unspecified atom stereocenters. The maximum Gasteiger partial charge on any atom is 0.122 e. The van der Waals surface area contributed by atoms with E-state index in [0.717, 1.165) is 38.2 Å². The Bertz CT molecular complexity index is 663. The molecule has 0 saturated heterocycles. The van der Waals surface area contributed by atoms with Crippen molar-refractivity contribution in [3.8, 4) is 5.75 Å². The lowest BCUT2D eigenvalue weighted by Gasteiger charge is -2.18. The molecule has 0 radical (unpaired) electrons. The van der Waals surface area contributed by atoms with E-state index in [0.29, 0.717) is 0 Å². The molecule has 2 aliphatic rings. The molecule has 0 fully saturated rings. The van der Waals surface area contributed by atoms with Crippen molar-refractivity contribution < 1.29 is 4.74 Å². The molecule has 0 atom stereocenters. The van der Waals surface area contributed by atoms with Crippen molar-refractivity contribution in [3.63, 3.8) is 0 Å². The third kappa shape index (κ3) is 2.63. The quantitative estimate of drug-likeness (QED) is 0.923. The summed E-state index contributed by atoms with van der Waals surface area (Å²) < 4.78 is 5.57. The van der Waals surface area contributed by atoms with Gasteiger partial charge in [-0.25, -0.2) is 0 Å². The van der Waals surface area contributed by atoms with E-state index in [4.69, 9.17) is 4.74 Å². The number of anilines is 1. The van der Waals surface area contributed by atoms with E-state index in [9.17, 15) is 0 Å². The minimum absolute atomic E-state index is 0.844. The van der Waals surface area contributed by atoms with Gasteiger partial charge < -0.3 is 10.1 Å². The first-order valence-electron chi connectivity index (χ1n) is 7.99. The van der Waals surface area contributed by atoms with Crippen molar-refractivity contribution in [1.29, 1.82) is 0 Å². The molecule has 2 heteroatoms. The lowest BCUT2D eigenvalue weighted by atomic mass is 9.97. The Morgan fingerprint density at radius 2 is 1.71 bits per heavy atom. The van der Waals surface area contributed by atoms with E-state index in [1.165, 1.54) is 40.8 Å². The van der Waals surface area contributed by atoms with Gasteiger partial charge in [0.25, 0.3) is 0 Å². The van der Waals surface area contributed by atoms with Crippen LogP contribution in [0.3, 0.4) is 0 Å². The second kappa shape index (κ2) is 5.44. The van der Waals surface area contributed by atoms with E-state index < -0.39 is 0 Å². The summed E-state index contributed by atoms with van der Waals surface area (Å²) in [5, 5.41) is 3.48. The summed E-state index contributed by atoms with van der Waals surface area (Å²) in [5.74, 6) is 1.08. The second-order valence-corrected chi connectivity index (χ2v) is 6.06. The van der Waals surface area contributed by atoms with Gasteiger partial charge in [-0.2, -0.15) is 0 Å². The molecule has 0 spiro atoms. The summed E-state index contributed by atoms with van der Waals surface area (Å²) in [6, 6.07) is 13.6. The fourth-order valence-corrected chi connectivity index (χ4v) is 3.37. The summed E-state index contributed by atoms with van der Waals surface area (Å²) in [6.07, 6.45) is 5.76. The van der Waals surface area contributed by atoms with Gasteiger partial charge in [-0.3, -0.25) is 0 Å². The maximum atomic E-state index is 5.57. The van der Waals surface area contributed by atoms with Crippen LogP contribution < -0.4 is 10.1 Å². The highest BCUT2D eigenvalue weighted by atomic mass is 16.5. The number of fused-ring (bicyclic) bond motifs is 2. The zero-order valence-corrected chi connectivity index (χ0v) is 12.3. The molecule has 0 bridgehead atoms. The molecule has 0 aromatic heterocycles. The Morgan fingerprint density at radius 3 is 2.62 bits per heavy atom. The molecule has 4 rings (SSSR count). The summed E-state index contributed by atoms with van der Waals surface area (Å²) in [4.78, 5) is 0. The largest absolute Gasteiger partial charge is 0.493 e. The Balaban J connectivity index is 1.47. The highest BCUT2D eigenvalue weighted by Gasteiger charge is 2.12. The Kier molecular flexibility index (Phi) is 3.30. The zero-order valence-electron chi connectivity index (χ0n) is 12.3. The van der Waals surface area contributed by atoms with Crippen LogP contribution in [0, 0.1) is 0 Å². The number of nitrogens with one attached hydrogen (secondary N) is 1. The number of ether oxygens (including phenoxy) is 1. The van der Waals surface area contributed by atoms with Crippen LogP contribution in [0.5, 0.6) is 5.75 Å². The second-order valence-electron chi connectivity index (χ2n) is 6.06. The standard InChI is InChI=1S/C19H21NO/c1-2-16-12-14(5-7-18(16)20-10-1)3-4-15-6-8-19-17(13-15)9-11-21-19/h5-8,12-13,20H,1-4,9-11H2. The van der Waals surface area contributed by atoms with Crippen LogP contribution in [0.2, 0.25) is 0 Å². The third-order valence-electron chi connectivity index (χ3n) is 4.56. The summed E-state index contributed by atoms with van der Waals surface area (Å²) in [5.41, 5.74) is 7.08. The highest BCUT2D eigenvalue weighted by Crippen LogP contribution is 2.27. The average Bonchev–Trinajstić information content (AvgIpc) is 3.00.